The lowest BCUT2D eigenvalue weighted by Crippen LogP contribution is -2.27. The molecule has 0 amide bonds. The monoisotopic (exact) mass is 407 g/mol. The van der Waals surface area contributed by atoms with Gasteiger partial charge in [0.25, 0.3) is 0 Å². The maximum Gasteiger partial charge on any atom is 0.355 e. The highest BCUT2D eigenvalue weighted by molar-refractivity contribution is 9.10. The molecule has 25 heavy (non-hydrogen) atoms. The lowest BCUT2D eigenvalue weighted by Gasteiger charge is -2.25. The number of ether oxygens (including phenoxy) is 3. The van der Waals surface area contributed by atoms with Crippen LogP contribution in [0.15, 0.2) is 52.3 Å². The van der Waals surface area contributed by atoms with Crippen LogP contribution in [0.2, 0.25) is 0 Å². The van der Waals surface area contributed by atoms with Gasteiger partial charge in [-0.1, -0.05) is 22.0 Å². The molecule has 0 spiro atoms. The van der Waals surface area contributed by atoms with Crippen molar-refractivity contribution in [3.05, 3.63) is 57.9 Å². The number of benzene rings is 1. The van der Waals surface area contributed by atoms with Crippen molar-refractivity contribution in [1.82, 2.24) is 0 Å². The molecule has 2 rings (SSSR count). The van der Waals surface area contributed by atoms with Crippen LogP contribution in [0.4, 0.5) is 5.69 Å². The quantitative estimate of drug-likeness (QED) is 0.713. The maximum absolute atomic E-state index is 12.4. The number of rotatable bonds is 4. The van der Waals surface area contributed by atoms with Gasteiger partial charge in [0.2, 0.25) is 0 Å². The summed E-state index contributed by atoms with van der Waals surface area (Å²) < 4.78 is 16.1. The molecule has 0 aliphatic carbocycles. The van der Waals surface area contributed by atoms with E-state index in [0.29, 0.717) is 11.4 Å². The van der Waals surface area contributed by atoms with Crippen molar-refractivity contribution in [3.63, 3.8) is 0 Å². The first-order valence-corrected chi connectivity index (χ1v) is 8.13. The van der Waals surface area contributed by atoms with Gasteiger partial charge < -0.3 is 19.1 Å². The third-order valence-corrected chi connectivity index (χ3v) is 4.53. The largest absolute Gasteiger partial charge is 0.494 e. The Morgan fingerprint density at radius 3 is 2.32 bits per heavy atom. The highest BCUT2D eigenvalue weighted by Crippen LogP contribution is 2.39. The fraction of sp³-hybridized carbons (Fsp3) is 0.222. The molecular weight excluding hydrogens is 390 g/mol. The summed E-state index contributed by atoms with van der Waals surface area (Å²) in [4.78, 5) is 26.2. The van der Waals surface area contributed by atoms with Crippen LogP contribution in [0.25, 0.3) is 0 Å². The average molecular weight is 408 g/mol. The summed E-state index contributed by atoms with van der Waals surface area (Å²) in [5.74, 6) is -0.746. The SMILES string of the molecule is COC(=O)C1=C(C(=O)OC)N(c2ccc(Br)c(C)c2OC)C=CC=C1. The summed E-state index contributed by atoms with van der Waals surface area (Å²) in [7, 11) is 4.05. The van der Waals surface area contributed by atoms with Crippen LogP contribution in [-0.2, 0) is 19.1 Å². The summed E-state index contributed by atoms with van der Waals surface area (Å²) in [6.45, 7) is 1.88. The first-order valence-electron chi connectivity index (χ1n) is 7.34. The Balaban J connectivity index is 2.76. The van der Waals surface area contributed by atoms with Crippen molar-refractivity contribution >= 4 is 33.6 Å². The normalized spacial score (nSPS) is 13.6. The number of hydrogen-bond acceptors (Lipinski definition) is 6. The molecule has 0 atom stereocenters. The van der Waals surface area contributed by atoms with Gasteiger partial charge in [0.15, 0.2) is 0 Å². The minimum absolute atomic E-state index is 0.0411. The number of halogens is 1. The molecule has 0 bridgehead atoms. The molecule has 0 unspecified atom stereocenters. The van der Waals surface area contributed by atoms with Crippen LogP contribution in [0.1, 0.15) is 5.56 Å². The van der Waals surface area contributed by atoms with Crippen LogP contribution >= 0.6 is 15.9 Å². The topological polar surface area (TPSA) is 65.1 Å². The highest BCUT2D eigenvalue weighted by Gasteiger charge is 2.29. The second-order valence-corrected chi connectivity index (χ2v) is 5.90. The summed E-state index contributed by atoms with van der Waals surface area (Å²) >= 11 is 3.46. The molecule has 7 heteroatoms. The Kier molecular flexibility index (Phi) is 6.03. The van der Waals surface area contributed by atoms with Crippen LogP contribution in [0.3, 0.4) is 0 Å². The minimum Gasteiger partial charge on any atom is -0.494 e. The van der Waals surface area contributed by atoms with Crippen molar-refractivity contribution in [3.8, 4) is 5.75 Å². The molecule has 1 aliphatic heterocycles. The van der Waals surface area contributed by atoms with Crippen LogP contribution < -0.4 is 9.64 Å². The number of methoxy groups -OCH3 is 3. The van der Waals surface area contributed by atoms with Gasteiger partial charge in [-0.3, -0.25) is 0 Å². The first-order chi connectivity index (χ1) is 12.0. The zero-order valence-corrected chi connectivity index (χ0v) is 15.9. The van der Waals surface area contributed by atoms with Crippen LogP contribution in [0.5, 0.6) is 5.75 Å². The van der Waals surface area contributed by atoms with Gasteiger partial charge in [0, 0.05) is 16.2 Å². The molecule has 1 heterocycles. The van der Waals surface area contributed by atoms with Crippen LogP contribution in [-0.4, -0.2) is 33.3 Å². The second kappa shape index (κ2) is 8.02. The predicted octanol–water partition coefficient (Wildman–Crippen LogP) is 3.26. The zero-order chi connectivity index (χ0) is 18.6. The molecule has 0 N–H and O–H groups in total. The lowest BCUT2D eigenvalue weighted by molar-refractivity contribution is -0.139. The Hall–Kier alpha value is -2.54. The van der Waals surface area contributed by atoms with Gasteiger partial charge in [-0.25, -0.2) is 9.59 Å². The predicted molar refractivity (Wildman–Crippen MR) is 97.2 cm³/mol. The number of carbonyl (C=O) groups is 2. The van der Waals surface area contributed by atoms with E-state index in [1.807, 2.05) is 13.0 Å². The fourth-order valence-electron chi connectivity index (χ4n) is 2.45. The van der Waals surface area contributed by atoms with E-state index in [2.05, 4.69) is 15.9 Å². The minimum atomic E-state index is -0.667. The summed E-state index contributed by atoms with van der Waals surface area (Å²) in [5, 5.41) is 0. The van der Waals surface area contributed by atoms with E-state index in [1.54, 1.807) is 36.4 Å². The smallest absolute Gasteiger partial charge is 0.355 e. The molecule has 0 aromatic heterocycles. The number of carbonyl (C=O) groups excluding carboxylic acids is 2. The van der Waals surface area contributed by atoms with Gasteiger partial charge in [0.1, 0.15) is 11.4 Å². The molecule has 0 saturated carbocycles. The van der Waals surface area contributed by atoms with Crippen LogP contribution in [0, 0.1) is 6.92 Å². The fourth-order valence-corrected chi connectivity index (χ4v) is 2.76. The molecule has 0 radical (unpaired) electrons. The lowest BCUT2D eigenvalue weighted by atomic mass is 10.1. The standard InChI is InChI=1S/C18H18BrNO5/c1-11-13(19)8-9-14(16(11)23-2)20-10-6-5-7-12(17(21)24-3)15(20)18(22)25-4/h5-10H,1-4H3. The molecule has 6 nitrogen and oxygen atoms in total. The first kappa shape index (κ1) is 18.8. The number of anilines is 1. The summed E-state index contributed by atoms with van der Waals surface area (Å²) in [6.07, 6.45) is 6.51. The zero-order valence-electron chi connectivity index (χ0n) is 14.3. The Bertz CT molecular complexity index is 795. The van der Waals surface area contributed by atoms with Crippen molar-refractivity contribution in [2.24, 2.45) is 0 Å². The molecule has 1 aromatic carbocycles. The maximum atomic E-state index is 12.4. The highest BCUT2D eigenvalue weighted by atomic mass is 79.9. The Morgan fingerprint density at radius 2 is 1.72 bits per heavy atom. The third kappa shape index (κ3) is 3.61. The number of nitrogens with zero attached hydrogens (tertiary/aromatic N) is 1. The van der Waals surface area contributed by atoms with E-state index in [0.717, 1.165) is 10.0 Å². The van der Waals surface area contributed by atoms with Gasteiger partial charge in [-0.15, -0.1) is 0 Å². The summed E-state index contributed by atoms with van der Waals surface area (Å²) in [5.41, 5.74) is 1.57. The molecule has 132 valence electrons. The molecule has 0 fully saturated rings. The van der Waals surface area contributed by atoms with Crippen molar-refractivity contribution in [2.75, 3.05) is 26.2 Å². The second-order valence-electron chi connectivity index (χ2n) is 5.04. The van der Waals surface area contributed by atoms with Gasteiger partial charge in [0.05, 0.1) is 32.6 Å². The number of esters is 2. The van der Waals surface area contributed by atoms with Gasteiger partial charge in [-0.2, -0.15) is 0 Å². The Labute approximate surface area is 154 Å². The van der Waals surface area contributed by atoms with Crippen molar-refractivity contribution < 1.29 is 23.8 Å². The Morgan fingerprint density at radius 1 is 1.04 bits per heavy atom. The molecule has 0 saturated heterocycles. The average Bonchev–Trinajstić information content (AvgIpc) is 2.85. The molecule has 1 aliphatic rings. The van der Waals surface area contributed by atoms with Gasteiger partial charge >= 0.3 is 11.9 Å². The van der Waals surface area contributed by atoms with E-state index in [1.165, 1.54) is 20.3 Å². The molecular formula is C18H18BrNO5. The molecule has 1 aromatic rings. The van der Waals surface area contributed by atoms with E-state index in [-0.39, 0.29) is 11.3 Å². The van der Waals surface area contributed by atoms with E-state index in [4.69, 9.17) is 14.2 Å². The number of hydrogen-bond donors (Lipinski definition) is 0. The van der Waals surface area contributed by atoms with Crippen molar-refractivity contribution in [2.45, 2.75) is 6.92 Å². The third-order valence-electron chi connectivity index (χ3n) is 3.67. The van der Waals surface area contributed by atoms with E-state index >= 15 is 0 Å². The van der Waals surface area contributed by atoms with Gasteiger partial charge in [-0.05, 0) is 31.2 Å². The van der Waals surface area contributed by atoms with Crippen molar-refractivity contribution in [1.29, 1.82) is 0 Å². The van der Waals surface area contributed by atoms with E-state index < -0.39 is 11.9 Å². The van der Waals surface area contributed by atoms with E-state index in [9.17, 15) is 9.59 Å². The summed E-state index contributed by atoms with van der Waals surface area (Å²) in [6, 6.07) is 3.62. The number of allylic oxidation sites excluding steroid dienone is 2.